The predicted molar refractivity (Wildman–Crippen MR) is 35.3 cm³/mol. The Kier molecular flexibility index (Phi) is 1.32. The summed E-state index contributed by atoms with van der Waals surface area (Å²) in [5, 5.41) is 3.82. The van der Waals surface area contributed by atoms with Gasteiger partial charge in [-0.15, -0.1) is 6.42 Å². The van der Waals surface area contributed by atoms with Gasteiger partial charge in [0.1, 0.15) is 0 Å². The molecule has 0 aliphatic rings. The lowest BCUT2D eigenvalue weighted by molar-refractivity contribution is 1.01. The van der Waals surface area contributed by atoms with Crippen molar-refractivity contribution in [2.45, 2.75) is 0 Å². The predicted octanol–water partition coefficient (Wildman–Crippen LogP) is 0.503. The SMILES string of the molecule is C#Cc1cnn(P)c1. The number of nitrogens with zero attached hydrogens (tertiary/aromatic N) is 2. The van der Waals surface area contributed by atoms with Gasteiger partial charge in [0.15, 0.2) is 0 Å². The molecule has 2 nitrogen and oxygen atoms in total. The summed E-state index contributed by atoms with van der Waals surface area (Å²) < 4.78 is 1.59. The lowest BCUT2D eigenvalue weighted by Gasteiger charge is -1.78. The highest BCUT2D eigenvalue weighted by Gasteiger charge is 1.85. The van der Waals surface area contributed by atoms with Crippen molar-refractivity contribution in [3.8, 4) is 12.3 Å². The molecule has 1 heterocycles. The second-order valence-corrected chi connectivity index (χ2v) is 1.88. The van der Waals surface area contributed by atoms with E-state index in [1.165, 1.54) is 0 Å². The summed E-state index contributed by atoms with van der Waals surface area (Å²) in [7, 11) is 2.39. The van der Waals surface area contributed by atoms with Gasteiger partial charge in [-0.1, -0.05) is 5.92 Å². The van der Waals surface area contributed by atoms with E-state index in [4.69, 9.17) is 6.42 Å². The molecule has 0 amide bonds. The Bertz CT molecular complexity index is 221. The van der Waals surface area contributed by atoms with Crippen molar-refractivity contribution in [1.29, 1.82) is 0 Å². The van der Waals surface area contributed by atoms with Crippen LogP contribution in [0.15, 0.2) is 12.4 Å². The van der Waals surface area contributed by atoms with Crippen LogP contribution in [0, 0.1) is 12.3 Å². The van der Waals surface area contributed by atoms with Crippen LogP contribution in [0.5, 0.6) is 0 Å². The molecule has 0 saturated carbocycles. The van der Waals surface area contributed by atoms with Crippen molar-refractivity contribution in [3.63, 3.8) is 0 Å². The molecule has 0 fully saturated rings. The van der Waals surface area contributed by atoms with Gasteiger partial charge < -0.3 is 0 Å². The third-order valence-corrected chi connectivity index (χ3v) is 1.05. The van der Waals surface area contributed by atoms with Crippen LogP contribution in [0.1, 0.15) is 5.56 Å². The van der Waals surface area contributed by atoms with E-state index in [-0.39, 0.29) is 0 Å². The van der Waals surface area contributed by atoms with Crippen molar-refractivity contribution in [2.75, 3.05) is 0 Å². The second kappa shape index (κ2) is 1.98. The van der Waals surface area contributed by atoms with Crippen LogP contribution in [0.3, 0.4) is 0 Å². The average molecular weight is 124 g/mol. The van der Waals surface area contributed by atoms with E-state index in [0.29, 0.717) is 0 Å². The maximum atomic E-state index is 5.05. The van der Waals surface area contributed by atoms with Gasteiger partial charge in [-0.3, -0.25) is 4.45 Å². The van der Waals surface area contributed by atoms with Crippen molar-refractivity contribution in [3.05, 3.63) is 18.0 Å². The monoisotopic (exact) mass is 124 g/mol. The van der Waals surface area contributed by atoms with Crippen LogP contribution >= 0.6 is 9.39 Å². The van der Waals surface area contributed by atoms with Gasteiger partial charge in [-0.2, -0.15) is 5.10 Å². The Morgan fingerprint density at radius 3 is 2.88 bits per heavy atom. The molecular formula is C5H5N2P. The number of hydrogen-bond donors (Lipinski definition) is 0. The summed E-state index contributed by atoms with van der Waals surface area (Å²) in [6, 6.07) is 0. The van der Waals surface area contributed by atoms with Crippen LogP contribution < -0.4 is 0 Å². The molecule has 3 heteroatoms. The van der Waals surface area contributed by atoms with Gasteiger partial charge in [-0.05, 0) is 9.39 Å². The fourth-order valence-electron chi connectivity index (χ4n) is 0.413. The fraction of sp³-hybridized carbons (Fsp3) is 0. The molecule has 0 saturated heterocycles. The van der Waals surface area contributed by atoms with E-state index in [1.807, 2.05) is 0 Å². The summed E-state index contributed by atoms with van der Waals surface area (Å²) in [5.41, 5.74) is 0.806. The largest absolute Gasteiger partial charge is 0.257 e. The highest BCUT2D eigenvalue weighted by molar-refractivity contribution is 7.14. The molecule has 1 aromatic heterocycles. The number of aromatic nitrogens is 2. The zero-order valence-corrected chi connectivity index (χ0v) is 5.36. The Morgan fingerprint density at radius 1 is 1.88 bits per heavy atom. The minimum Gasteiger partial charge on any atom is -0.257 e. The summed E-state index contributed by atoms with van der Waals surface area (Å²) in [5.74, 6) is 2.45. The molecular weight excluding hydrogens is 119 g/mol. The maximum absolute atomic E-state index is 5.05. The van der Waals surface area contributed by atoms with Crippen molar-refractivity contribution in [2.24, 2.45) is 0 Å². The molecule has 8 heavy (non-hydrogen) atoms. The Labute approximate surface area is 50.2 Å². The van der Waals surface area contributed by atoms with E-state index >= 15 is 0 Å². The minimum atomic E-state index is 0.806. The molecule has 0 aromatic carbocycles. The van der Waals surface area contributed by atoms with Crippen molar-refractivity contribution >= 4 is 9.39 Å². The van der Waals surface area contributed by atoms with E-state index < -0.39 is 0 Å². The normalized spacial score (nSPS) is 8.50. The Morgan fingerprint density at radius 2 is 2.62 bits per heavy atom. The zero-order valence-electron chi connectivity index (χ0n) is 4.20. The molecule has 0 radical (unpaired) electrons. The lowest BCUT2D eigenvalue weighted by atomic mass is 10.4. The molecule has 1 rings (SSSR count). The molecule has 1 unspecified atom stereocenters. The van der Waals surface area contributed by atoms with Crippen molar-refractivity contribution in [1.82, 2.24) is 9.55 Å². The summed E-state index contributed by atoms with van der Waals surface area (Å²) >= 11 is 0. The highest BCUT2D eigenvalue weighted by Crippen LogP contribution is 1.96. The summed E-state index contributed by atoms with van der Waals surface area (Å²) in [6.07, 6.45) is 8.44. The number of hydrogen-bond acceptors (Lipinski definition) is 1. The highest BCUT2D eigenvalue weighted by atomic mass is 31.0. The molecule has 0 spiro atoms. The molecule has 40 valence electrons. The van der Waals surface area contributed by atoms with E-state index in [1.54, 1.807) is 16.8 Å². The van der Waals surface area contributed by atoms with E-state index in [2.05, 4.69) is 20.4 Å². The third-order valence-electron chi connectivity index (χ3n) is 0.768. The first-order chi connectivity index (χ1) is 3.83. The molecule has 1 atom stereocenters. The van der Waals surface area contributed by atoms with Crippen LogP contribution in [-0.2, 0) is 0 Å². The molecule has 0 aliphatic carbocycles. The maximum Gasteiger partial charge on any atom is 0.0649 e. The van der Waals surface area contributed by atoms with Crippen LogP contribution in [0.25, 0.3) is 0 Å². The van der Waals surface area contributed by atoms with Gasteiger partial charge in [-0.25, -0.2) is 0 Å². The van der Waals surface area contributed by atoms with E-state index in [9.17, 15) is 0 Å². The topological polar surface area (TPSA) is 17.8 Å². The Hall–Kier alpha value is -0.800. The van der Waals surface area contributed by atoms with Crippen LogP contribution in [0.2, 0.25) is 0 Å². The number of terminal acetylenes is 1. The summed E-state index contributed by atoms with van der Waals surface area (Å²) in [4.78, 5) is 0. The zero-order chi connectivity index (χ0) is 5.98. The number of rotatable bonds is 0. The van der Waals surface area contributed by atoms with Gasteiger partial charge in [0.2, 0.25) is 0 Å². The van der Waals surface area contributed by atoms with Gasteiger partial charge >= 0.3 is 0 Å². The van der Waals surface area contributed by atoms with Crippen molar-refractivity contribution < 1.29 is 0 Å². The fourth-order valence-corrected chi connectivity index (χ4v) is 0.640. The van der Waals surface area contributed by atoms with Crippen LogP contribution in [0.4, 0.5) is 0 Å². The van der Waals surface area contributed by atoms with Gasteiger partial charge in [0.05, 0.1) is 11.8 Å². The molecule has 1 aromatic rings. The molecule has 0 bridgehead atoms. The van der Waals surface area contributed by atoms with Gasteiger partial charge in [0, 0.05) is 6.20 Å². The average Bonchev–Trinajstić information content (AvgIpc) is 2.14. The standard InChI is InChI=1S/C5H5N2P/c1-2-5-3-6-7(8)4-5/h1,3-4H,8H2. The molecule has 0 aliphatic heterocycles. The summed E-state index contributed by atoms with van der Waals surface area (Å²) in [6.45, 7) is 0. The first kappa shape index (κ1) is 5.34. The second-order valence-electron chi connectivity index (χ2n) is 1.35. The van der Waals surface area contributed by atoms with Crippen LogP contribution in [-0.4, -0.2) is 9.55 Å². The minimum absolute atomic E-state index is 0.806. The first-order valence-corrected chi connectivity index (χ1v) is 2.61. The quantitative estimate of drug-likeness (QED) is 0.364. The smallest absolute Gasteiger partial charge is 0.0649 e. The first-order valence-electron chi connectivity index (χ1n) is 2.09. The third kappa shape index (κ3) is 0.882. The molecule has 0 N–H and O–H groups in total. The van der Waals surface area contributed by atoms with Gasteiger partial charge in [0.25, 0.3) is 0 Å². The van der Waals surface area contributed by atoms with E-state index in [0.717, 1.165) is 5.56 Å². The Balaban J connectivity index is 3.05. The lowest BCUT2D eigenvalue weighted by Crippen LogP contribution is -1.72.